The maximum atomic E-state index is 14.3. The maximum absolute atomic E-state index is 14.3. The van der Waals surface area contributed by atoms with E-state index in [1.54, 1.807) is 22.5 Å². The minimum absolute atomic E-state index is 0.0257. The molecule has 19 heteroatoms. The van der Waals surface area contributed by atoms with Crippen LogP contribution in [-0.2, 0) is 21.4 Å². The van der Waals surface area contributed by atoms with Gasteiger partial charge in [0.25, 0.3) is 12.3 Å². The fourth-order valence-corrected chi connectivity index (χ4v) is 9.24. The van der Waals surface area contributed by atoms with Gasteiger partial charge in [0.1, 0.15) is 17.4 Å². The van der Waals surface area contributed by atoms with E-state index in [0.717, 1.165) is 56.5 Å². The van der Waals surface area contributed by atoms with Gasteiger partial charge in [0.05, 0.1) is 47.4 Å². The van der Waals surface area contributed by atoms with Crippen molar-refractivity contribution in [3.8, 4) is 0 Å². The number of alkyl halides is 2. The zero-order valence-corrected chi connectivity index (χ0v) is 33.3. The number of nitrogens with one attached hydrogen (secondary N) is 2. The van der Waals surface area contributed by atoms with Crippen molar-refractivity contribution >= 4 is 51.6 Å². The number of likely N-dealkylation sites (N-methyl/N-ethyl adjacent to an activating group) is 1. The first-order valence-corrected chi connectivity index (χ1v) is 20.3. The summed E-state index contributed by atoms with van der Waals surface area (Å²) in [6.07, 6.45) is 5.63. The molecule has 1 unspecified atom stereocenters. The standard InChI is InChI=1S/C40H48F2N12O5/c1-23-18-50(15-16-59-23)32-13-14-52-37(45-32)27(17-43-52)38(56)44-28-22-53(47-34(28)36(41)42)25-9-7-24(8-10-25)19-48(2)26-20-51(21-26)29-5-4-6-30-35(29)49(3)40(58)54(30)31-11-12-33(55)46-39(31)57/h4-6,13-14,17,22-26,31,36H,7-12,15-16,18-21H2,1-3H3,(H,44,56)(H,46,55,57)/t23-,24-,25-,31?/m0/s1. The Labute approximate surface area is 337 Å². The summed E-state index contributed by atoms with van der Waals surface area (Å²) in [5.74, 6) is -0.259. The summed E-state index contributed by atoms with van der Waals surface area (Å²) < 4.78 is 40.4. The number of aromatic nitrogens is 7. The highest BCUT2D eigenvalue weighted by molar-refractivity contribution is 6.08. The Kier molecular flexibility index (Phi) is 10.2. The van der Waals surface area contributed by atoms with Crippen LogP contribution in [0.3, 0.4) is 0 Å². The number of carbonyl (C=O) groups excluding carboxylic acids is 3. The first-order valence-electron chi connectivity index (χ1n) is 20.3. The van der Waals surface area contributed by atoms with E-state index in [1.807, 2.05) is 31.2 Å². The number of piperidine rings is 1. The number of morpholine rings is 1. The lowest BCUT2D eigenvalue weighted by Crippen LogP contribution is -2.59. The topological polar surface area (TPSA) is 169 Å². The van der Waals surface area contributed by atoms with Crippen LogP contribution >= 0.6 is 0 Å². The van der Waals surface area contributed by atoms with Gasteiger partial charge in [0, 0.05) is 64.6 Å². The van der Waals surface area contributed by atoms with Crippen LogP contribution in [0.4, 0.5) is 26.0 Å². The summed E-state index contributed by atoms with van der Waals surface area (Å²) in [7, 11) is 3.85. The number of carbonyl (C=O) groups is 3. The molecule has 4 aliphatic rings. The van der Waals surface area contributed by atoms with Gasteiger partial charge in [-0.25, -0.2) is 23.1 Å². The number of imidazole rings is 1. The van der Waals surface area contributed by atoms with Gasteiger partial charge in [-0.15, -0.1) is 0 Å². The number of ether oxygens (including phenoxy) is 1. The second kappa shape index (κ2) is 15.5. The average Bonchev–Trinajstić information content (AvgIpc) is 3.89. The molecular weight excluding hydrogens is 767 g/mol. The number of halogens is 2. The highest BCUT2D eigenvalue weighted by atomic mass is 19.3. The quantitative estimate of drug-likeness (QED) is 0.198. The van der Waals surface area contributed by atoms with E-state index in [1.165, 1.54) is 21.5 Å². The van der Waals surface area contributed by atoms with Crippen molar-refractivity contribution in [2.45, 2.75) is 76.1 Å². The van der Waals surface area contributed by atoms with Crippen LogP contribution in [0.2, 0.25) is 0 Å². The molecule has 2 N–H and O–H groups in total. The number of imide groups is 1. The molecule has 0 radical (unpaired) electrons. The highest BCUT2D eigenvalue weighted by Gasteiger charge is 2.36. The predicted molar refractivity (Wildman–Crippen MR) is 214 cm³/mol. The third-order valence-electron chi connectivity index (χ3n) is 12.5. The Morgan fingerprint density at radius 1 is 1.07 bits per heavy atom. The van der Waals surface area contributed by atoms with E-state index >= 15 is 0 Å². The molecule has 5 aromatic rings. The first-order chi connectivity index (χ1) is 28.4. The molecule has 1 aromatic carbocycles. The van der Waals surface area contributed by atoms with Gasteiger partial charge in [-0.3, -0.25) is 38.4 Å². The number of fused-ring (bicyclic) bond motifs is 2. The molecule has 7 heterocycles. The van der Waals surface area contributed by atoms with Crippen molar-refractivity contribution in [3.05, 3.63) is 64.6 Å². The summed E-state index contributed by atoms with van der Waals surface area (Å²) in [5.41, 5.74) is 2.08. The van der Waals surface area contributed by atoms with Gasteiger partial charge >= 0.3 is 5.69 Å². The van der Waals surface area contributed by atoms with Crippen LogP contribution in [0, 0.1) is 5.92 Å². The second-order valence-corrected chi connectivity index (χ2v) is 16.4. The molecule has 3 saturated heterocycles. The SMILES string of the molecule is C[C@H]1CN(c2ccn3ncc(C(=O)Nc4cn([C@H]5CC[C@H](CN(C)C6CN(c7cccc8c7n(C)c(=O)n8C7CCC(=O)NC7=O)C6)CC5)nc4C(F)F)c3n2)CCO1. The minimum atomic E-state index is -2.88. The summed E-state index contributed by atoms with van der Waals surface area (Å²) in [6.45, 7) is 6.32. The monoisotopic (exact) mass is 814 g/mol. The molecule has 3 amide bonds. The molecule has 3 aliphatic heterocycles. The molecule has 312 valence electrons. The molecule has 4 fully saturated rings. The number of aryl methyl sites for hydroxylation is 1. The molecular formula is C40H48F2N12O5. The molecule has 0 bridgehead atoms. The van der Waals surface area contributed by atoms with Gasteiger partial charge in [0.15, 0.2) is 11.3 Å². The largest absolute Gasteiger partial charge is 0.375 e. The zero-order valence-electron chi connectivity index (χ0n) is 33.3. The number of hydrogen-bond donors (Lipinski definition) is 2. The number of amides is 3. The normalized spacial score (nSPS) is 23.1. The second-order valence-electron chi connectivity index (χ2n) is 16.4. The number of hydrogen-bond acceptors (Lipinski definition) is 11. The van der Waals surface area contributed by atoms with Crippen LogP contribution < -0.4 is 26.1 Å². The van der Waals surface area contributed by atoms with Gasteiger partial charge in [-0.05, 0) is 70.2 Å². The molecule has 1 aliphatic carbocycles. The summed E-state index contributed by atoms with van der Waals surface area (Å²) in [5, 5.41) is 13.6. The van der Waals surface area contributed by atoms with Gasteiger partial charge in [-0.2, -0.15) is 10.2 Å². The lowest BCUT2D eigenvalue weighted by atomic mass is 9.85. The Balaban J connectivity index is 0.811. The lowest BCUT2D eigenvalue weighted by Gasteiger charge is -2.46. The minimum Gasteiger partial charge on any atom is -0.375 e. The zero-order chi connectivity index (χ0) is 41.1. The maximum Gasteiger partial charge on any atom is 0.329 e. The van der Waals surface area contributed by atoms with Gasteiger partial charge in [0.2, 0.25) is 11.8 Å². The van der Waals surface area contributed by atoms with E-state index < -0.39 is 30.0 Å². The molecule has 17 nitrogen and oxygen atoms in total. The van der Waals surface area contributed by atoms with E-state index in [2.05, 4.69) is 42.6 Å². The lowest BCUT2D eigenvalue weighted by molar-refractivity contribution is -0.135. The van der Waals surface area contributed by atoms with Crippen molar-refractivity contribution in [1.29, 1.82) is 0 Å². The fourth-order valence-electron chi connectivity index (χ4n) is 9.24. The third kappa shape index (κ3) is 7.23. The predicted octanol–water partition coefficient (Wildman–Crippen LogP) is 3.52. The van der Waals surface area contributed by atoms with Gasteiger partial charge < -0.3 is 19.9 Å². The molecule has 4 aromatic heterocycles. The van der Waals surface area contributed by atoms with Crippen molar-refractivity contribution in [1.82, 2.24) is 43.7 Å². The molecule has 0 spiro atoms. The molecule has 1 saturated carbocycles. The number of rotatable bonds is 10. The highest BCUT2D eigenvalue weighted by Crippen LogP contribution is 2.37. The summed E-state index contributed by atoms with van der Waals surface area (Å²) >= 11 is 0. The van der Waals surface area contributed by atoms with E-state index in [0.29, 0.717) is 48.6 Å². The van der Waals surface area contributed by atoms with Crippen LogP contribution in [0.1, 0.15) is 80.0 Å². The Morgan fingerprint density at radius 2 is 1.86 bits per heavy atom. The molecule has 2 atom stereocenters. The van der Waals surface area contributed by atoms with E-state index in [9.17, 15) is 28.0 Å². The number of nitrogens with zero attached hydrogens (tertiary/aromatic N) is 10. The van der Waals surface area contributed by atoms with Crippen LogP contribution in [-0.4, -0.2) is 115 Å². The average molecular weight is 815 g/mol. The first kappa shape index (κ1) is 38.8. The van der Waals surface area contributed by atoms with Crippen molar-refractivity contribution in [3.63, 3.8) is 0 Å². The molecule has 9 rings (SSSR count). The van der Waals surface area contributed by atoms with Crippen molar-refractivity contribution in [2.24, 2.45) is 13.0 Å². The number of para-hydroxylation sites is 1. The Hall–Kier alpha value is -5.69. The Bertz CT molecular complexity index is 2480. The Morgan fingerprint density at radius 3 is 2.61 bits per heavy atom. The van der Waals surface area contributed by atoms with Crippen molar-refractivity contribution < 1.29 is 27.9 Å². The summed E-state index contributed by atoms with van der Waals surface area (Å²) in [6, 6.07) is 7.07. The number of benzene rings is 1. The van der Waals surface area contributed by atoms with Crippen LogP contribution in [0.5, 0.6) is 0 Å². The third-order valence-corrected chi connectivity index (χ3v) is 12.5. The smallest absolute Gasteiger partial charge is 0.329 e. The van der Waals surface area contributed by atoms with Gasteiger partial charge in [-0.1, -0.05) is 6.07 Å². The molecule has 59 heavy (non-hydrogen) atoms. The van der Waals surface area contributed by atoms with E-state index in [-0.39, 0.29) is 47.8 Å². The van der Waals surface area contributed by atoms with Crippen molar-refractivity contribution in [2.75, 3.05) is 61.5 Å². The number of anilines is 3. The van der Waals surface area contributed by atoms with Crippen LogP contribution in [0.15, 0.2) is 47.7 Å². The van der Waals surface area contributed by atoms with Crippen LogP contribution in [0.25, 0.3) is 16.7 Å². The summed E-state index contributed by atoms with van der Waals surface area (Å²) in [4.78, 5) is 62.8. The van der Waals surface area contributed by atoms with E-state index in [4.69, 9.17) is 9.72 Å². The fraction of sp³-hybridized carbons (Fsp3) is 0.525.